The number of carbonyl (C=O) groups is 1. The van der Waals surface area contributed by atoms with Crippen molar-refractivity contribution < 1.29 is 28.5 Å². The van der Waals surface area contributed by atoms with Gasteiger partial charge in [-0.3, -0.25) is 9.67 Å². The molecular weight excluding hydrogens is 625 g/mol. The fourth-order valence-electron chi connectivity index (χ4n) is 6.25. The molecule has 11 heteroatoms. The Morgan fingerprint density at radius 1 is 1.22 bits per heavy atom. The van der Waals surface area contributed by atoms with Gasteiger partial charge in [0.05, 0.1) is 35.8 Å². The molecule has 0 unspecified atom stereocenters. The van der Waals surface area contributed by atoms with Crippen molar-refractivity contribution in [1.29, 1.82) is 0 Å². The van der Waals surface area contributed by atoms with E-state index >= 15 is 0 Å². The second-order valence-corrected chi connectivity index (χ2v) is 13.3. The molecule has 2 saturated heterocycles. The zero-order valence-electron chi connectivity index (χ0n) is 29.2. The quantitative estimate of drug-likeness (QED) is 0.171. The van der Waals surface area contributed by atoms with Crippen molar-refractivity contribution in [3.63, 3.8) is 0 Å². The van der Waals surface area contributed by atoms with Crippen LogP contribution in [0.15, 0.2) is 83.2 Å². The summed E-state index contributed by atoms with van der Waals surface area (Å²) in [6.45, 7) is 15.4. The van der Waals surface area contributed by atoms with Gasteiger partial charge in [0.1, 0.15) is 12.1 Å². The van der Waals surface area contributed by atoms with E-state index in [0.717, 1.165) is 55.0 Å². The van der Waals surface area contributed by atoms with E-state index in [4.69, 9.17) is 19.2 Å². The Labute approximate surface area is 287 Å². The van der Waals surface area contributed by atoms with E-state index in [9.17, 15) is 14.3 Å². The van der Waals surface area contributed by atoms with Crippen LogP contribution in [0.3, 0.4) is 0 Å². The predicted molar refractivity (Wildman–Crippen MR) is 189 cm³/mol. The fourth-order valence-corrected chi connectivity index (χ4v) is 6.25. The molecule has 0 bridgehead atoms. The van der Waals surface area contributed by atoms with Crippen molar-refractivity contribution >= 4 is 23.6 Å². The number of carboxylic acids is 1. The normalized spacial score (nSPS) is 18.9. The lowest BCUT2D eigenvalue weighted by atomic mass is 9.88. The van der Waals surface area contributed by atoms with Crippen molar-refractivity contribution in [3.05, 3.63) is 83.8 Å². The number of nitrogens with zero attached hydrogens (tertiary/aromatic N) is 5. The average molecular weight is 672 g/mol. The predicted octanol–water partition coefficient (Wildman–Crippen LogP) is 8.17. The van der Waals surface area contributed by atoms with E-state index < -0.39 is 17.7 Å². The van der Waals surface area contributed by atoms with Gasteiger partial charge in [0.2, 0.25) is 0 Å². The molecule has 49 heavy (non-hydrogen) atoms. The first-order chi connectivity index (χ1) is 23.4. The van der Waals surface area contributed by atoms with Crippen molar-refractivity contribution in [2.75, 3.05) is 19.8 Å². The number of hydrogen-bond acceptors (Lipinski definition) is 7. The number of ether oxygens (including phenoxy) is 3. The third-order valence-corrected chi connectivity index (χ3v) is 8.76. The van der Waals surface area contributed by atoms with Crippen molar-refractivity contribution in [2.45, 2.75) is 78.0 Å². The number of allylic oxidation sites excluding steroid dienone is 4. The van der Waals surface area contributed by atoms with E-state index in [1.165, 1.54) is 0 Å². The zero-order chi connectivity index (χ0) is 35.3. The number of aliphatic imine (C=N–C) groups is 1. The van der Waals surface area contributed by atoms with E-state index in [0.29, 0.717) is 59.1 Å². The Morgan fingerprint density at radius 3 is 2.65 bits per heavy atom. The maximum absolute atomic E-state index is 13.9. The molecule has 1 N–H and O–H groups in total. The number of aliphatic carboxylic acids is 1. The minimum atomic E-state index is -1.30. The Kier molecular flexibility index (Phi) is 11.1. The lowest BCUT2D eigenvalue weighted by Gasteiger charge is -2.25. The lowest BCUT2D eigenvalue weighted by molar-refractivity contribution is -0.154. The van der Waals surface area contributed by atoms with Crippen LogP contribution in [0.5, 0.6) is 0 Å². The molecule has 1 atom stereocenters. The molecule has 2 aliphatic rings. The molecule has 5 rings (SSSR count). The van der Waals surface area contributed by atoms with E-state index in [2.05, 4.69) is 16.7 Å². The van der Waals surface area contributed by atoms with Gasteiger partial charge >= 0.3 is 5.97 Å². The van der Waals surface area contributed by atoms with Gasteiger partial charge in [0, 0.05) is 61.1 Å². The van der Waals surface area contributed by atoms with Crippen molar-refractivity contribution in [2.24, 2.45) is 12.0 Å². The second-order valence-electron chi connectivity index (χ2n) is 13.3. The first-order valence-corrected chi connectivity index (χ1v) is 16.6. The van der Waals surface area contributed by atoms with Crippen LogP contribution in [0.4, 0.5) is 10.2 Å². The molecule has 2 fully saturated rings. The van der Waals surface area contributed by atoms with Crippen LogP contribution >= 0.6 is 0 Å². The van der Waals surface area contributed by atoms with E-state index in [-0.39, 0.29) is 5.76 Å². The molecule has 10 nitrogen and oxygen atoms in total. The summed E-state index contributed by atoms with van der Waals surface area (Å²) in [5, 5.41) is 14.9. The smallest absolute Gasteiger partial charge is 0.336 e. The second kappa shape index (κ2) is 15.3. The summed E-state index contributed by atoms with van der Waals surface area (Å²) < 4.78 is 35.0. The largest absolute Gasteiger partial charge is 0.491 e. The molecule has 3 aromatic heterocycles. The average Bonchev–Trinajstić information content (AvgIpc) is 3.71. The number of rotatable bonds is 10. The fraction of sp³-hybridized carbons (Fsp3) is 0.421. The summed E-state index contributed by atoms with van der Waals surface area (Å²) in [5.74, 6) is -0.392. The molecule has 0 saturated carbocycles. The third-order valence-electron chi connectivity index (χ3n) is 8.76. The summed E-state index contributed by atoms with van der Waals surface area (Å²) >= 11 is 0. The minimum Gasteiger partial charge on any atom is -0.491 e. The van der Waals surface area contributed by atoms with Gasteiger partial charge in [-0.2, -0.15) is 5.10 Å². The number of hydrogen-bond donors (Lipinski definition) is 1. The first-order valence-electron chi connectivity index (χ1n) is 16.6. The minimum absolute atomic E-state index is 0.162. The number of aromatic nitrogens is 4. The third kappa shape index (κ3) is 8.17. The van der Waals surface area contributed by atoms with Gasteiger partial charge in [-0.05, 0) is 101 Å². The monoisotopic (exact) mass is 671 g/mol. The van der Waals surface area contributed by atoms with Crippen LogP contribution in [0, 0.1) is 0 Å². The van der Waals surface area contributed by atoms with Crippen LogP contribution in [0.25, 0.3) is 28.1 Å². The SMILES string of the molecule is C=C(/C(C)=C1/CCCO/C1=C\F)/C(=C\[C@H](OC(C)(C)C)C(=O)O)c1cc(-c2ccnc(-c3cnn(C4CCOCC4)c3)c2)n(C)c1/N=C/C. The van der Waals surface area contributed by atoms with Gasteiger partial charge < -0.3 is 23.9 Å². The molecule has 0 aromatic carbocycles. The first kappa shape index (κ1) is 35.7. The molecule has 0 aliphatic carbocycles. The maximum atomic E-state index is 13.9. The number of pyridine rings is 1. The Bertz CT molecular complexity index is 1820. The summed E-state index contributed by atoms with van der Waals surface area (Å²) in [6, 6.07) is 6.20. The highest BCUT2D eigenvalue weighted by molar-refractivity contribution is 5.93. The van der Waals surface area contributed by atoms with Crippen molar-refractivity contribution in [3.8, 4) is 22.5 Å². The molecular formula is C38H46FN5O5. The van der Waals surface area contributed by atoms with Gasteiger partial charge in [-0.25, -0.2) is 14.2 Å². The molecule has 0 spiro atoms. The van der Waals surface area contributed by atoms with Crippen LogP contribution in [0.1, 0.15) is 71.9 Å². The van der Waals surface area contributed by atoms with Crippen LogP contribution in [0.2, 0.25) is 0 Å². The topological polar surface area (TPSA) is 113 Å². The van der Waals surface area contributed by atoms with Crippen molar-refractivity contribution in [1.82, 2.24) is 19.3 Å². The van der Waals surface area contributed by atoms with Crippen LogP contribution in [-0.4, -0.2) is 68.1 Å². The molecule has 5 heterocycles. The Balaban J connectivity index is 1.64. The van der Waals surface area contributed by atoms with Gasteiger partial charge in [-0.1, -0.05) is 6.58 Å². The maximum Gasteiger partial charge on any atom is 0.336 e. The molecule has 0 radical (unpaired) electrons. The highest BCUT2D eigenvalue weighted by Crippen LogP contribution is 2.42. The molecule has 260 valence electrons. The summed E-state index contributed by atoms with van der Waals surface area (Å²) in [4.78, 5) is 22.0. The molecule has 3 aromatic rings. The Morgan fingerprint density at radius 2 is 1.98 bits per heavy atom. The number of halogens is 1. The van der Waals surface area contributed by atoms with Gasteiger partial charge in [0.25, 0.3) is 0 Å². The highest BCUT2D eigenvalue weighted by Gasteiger charge is 2.28. The van der Waals surface area contributed by atoms with Gasteiger partial charge in [0.15, 0.2) is 11.9 Å². The summed E-state index contributed by atoms with van der Waals surface area (Å²) in [6.07, 6.45) is 11.2. The Hall–Kier alpha value is -4.61. The molecule has 2 aliphatic heterocycles. The van der Waals surface area contributed by atoms with E-state index in [1.54, 1.807) is 39.3 Å². The highest BCUT2D eigenvalue weighted by atomic mass is 19.1. The molecule has 0 amide bonds. The summed E-state index contributed by atoms with van der Waals surface area (Å²) in [5.41, 5.74) is 5.70. The number of carboxylic acid groups (broad SMARTS) is 1. The van der Waals surface area contributed by atoms with Crippen LogP contribution in [-0.2, 0) is 26.1 Å². The zero-order valence-corrected chi connectivity index (χ0v) is 29.2. The van der Waals surface area contributed by atoms with E-state index in [1.807, 2.05) is 60.7 Å². The van der Waals surface area contributed by atoms with Crippen LogP contribution < -0.4 is 0 Å². The lowest BCUT2D eigenvalue weighted by Crippen LogP contribution is -2.32. The van der Waals surface area contributed by atoms with Gasteiger partial charge in [-0.15, -0.1) is 0 Å². The standard InChI is InChI=1S/C38H46FN5O5/c1-8-40-36-31(30(20-34(37(45)46)49-38(4,5)6)25(3)24(2)29-10-9-15-48-35(29)21-39)19-33(43(36)7)26-11-14-41-32(18-26)27-22-42-44(23-27)28-12-16-47-17-13-28/h8,11,14,18-23,28,34H,3,9-10,12-13,15-17H2,1-2,4-7H3,(H,45,46)/b29-24-,30-20+,35-21-,40-8+/t34-/m0/s1. The summed E-state index contributed by atoms with van der Waals surface area (Å²) in [7, 11) is 1.91.